The van der Waals surface area contributed by atoms with Gasteiger partial charge in [-0.25, -0.2) is 8.78 Å². The van der Waals surface area contributed by atoms with Gasteiger partial charge in [0.15, 0.2) is 17.4 Å². The fourth-order valence-corrected chi connectivity index (χ4v) is 2.26. The Labute approximate surface area is 120 Å². The predicted molar refractivity (Wildman–Crippen MR) is 76.3 cm³/mol. The fraction of sp³-hybridized carbons (Fsp3) is 0.0588. The summed E-state index contributed by atoms with van der Waals surface area (Å²) in [5.74, 6) is -2.65. The molecule has 0 unspecified atom stereocenters. The molecule has 0 amide bonds. The maximum Gasteiger partial charge on any atom is 0.196 e. The molecule has 0 spiro atoms. The number of aromatic nitrogens is 1. The van der Waals surface area contributed by atoms with Crippen molar-refractivity contribution in [3.63, 3.8) is 0 Å². The molecule has 0 atom stereocenters. The molecule has 21 heavy (non-hydrogen) atoms. The molecule has 3 rings (SSSR count). The monoisotopic (exact) mass is 283 g/mol. The highest BCUT2D eigenvalue weighted by Gasteiger charge is 2.20. The number of nitrogens with zero attached hydrogens (tertiary/aromatic N) is 1. The van der Waals surface area contributed by atoms with Gasteiger partial charge in [0.1, 0.15) is 0 Å². The average Bonchev–Trinajstić information content (AvgIpc) is 2.51. The molecule has 0 bridgehead atoms. The topological polar surface area (TPSA) is 30.0 Å². The molecular weight excluding hydrogens is 272 g/mol. The molecule has 0 saturated heterocycles. The summed E-state index contributed by atoms with van der Waals surface area (Å²) in [6, 6.07) is 11.3. The minimum atomic E-state index is -1.11. The minimum absolute atomic E-state index is 0.170. The van der Waals surface area contributed by atoms with Crippen LogP contribution in [0.5, 0.6) is 0 Å². The molecular formula is C17H11F2NO. The van der Waals surface area contributed by atoms with E-state index in [4.69, 9.17) is 0 Å². The standard InChI is InChI=1S/C17H11F2NO/c1-10-6-7-13(16(19)15(10)18)17(21)12-8-9-20-14-5-3-2-4-11(12)14/h2-9H,1H3. The lowest BCUT2D eigenvalue weighted by atomic mass is 9.98. The zero-order valence-corrected chi connectivity index (χ0v) is 11.2. The van der Waals surface area contributed by atoms with Crippen molar-refractivity contribution in [3.8, 4) is 0 Å². The summed E-state index contributed by atoms with van der Waals surface area (Å²) in [7, 11) is 0. The van der Waals surface area contributed by atoms with E-state index in [9.17, 15) is 13.6 Å². The van der Waals surface area contributed by atoms with Crippen LogP contribution in [-0.2, 0) is 0 Å². The summed E-state index contributed by atoms with van der Waals surface area (Å²) >= 11 is 0. The molecule has 104 valence electrons. The number of carbonyl (C=O) groups excluding carboxylic acids is 1. The quantitative estimate of drug-likeness (QED) is 0.664. The van der Waals surface area contributed by atoms with E-state index in [1.54, 1.807) is 24.3 Å². The van der Waals surface area contributed by atoms with Gasteiger partial charge in [-0.15, -0.1) is 0 Å². The van der Waals surface area contributed by atoms with Crippen LogP contribution in [0.15, 0.2) is 48.7 Å². The third kappa shape index (κ3) is 2.18. The Balaban J connectivity index is 2.20. The third-order valence-corrected chi connectivity index (χ3v) is 3.41. The van der Waals surface area contributed by atoms with E-state index in [-0.39, 0.29) is 11.1 Å². The van der Waals surface area contributed by atoms with E-state index in [1.165, 1.54) is 31.3 Å². The van der Waals surface area contributed by atoms with E-state index >= 15 is 0 Å². The Morgan fingerprint density at radius 3 is 2.52 bits per heavy atom. The number of halogens is 2. The molecule has 1 heterocycles. The number of hydrogen-bond acceptors (Lipinski definition) is 2. The lowest BCUT2D eigenvalue weighted by Crippen LogP contribution is -2.07. The molecule has 3 aromatic rings. The average molecular weight is 283 g/mol. The van der Waals surface area contributed by atoms with Crippen molar-refractivity contribution in [2.75, 3.05) is 0 Å². The number of carbonyl (C=O) groups is 1. The molecule has 0 aliphatic carbocycles. The Bertz CT molecular complexity index is 853. The number of hydrogen-bond donors (Lipinski definition) is 0. The van der Waals surface area contributed by atoms with Gasteiger partial charge in [0, 0.05) is 17.1 Å². The molecule has 0 saturated carbocycles. The van der Waals surface area contributed by atoms with Crippen LogP contribution in [-0.4, -0.2) is 10.8 Å². The number of aryl methyl sites for hydroxylation is 1. The van der Waals surface area contributed by atoms with Crippen molar-refractivity contribution in [2.45, 2.75) is 6.92 Å². The van der Waals surface area contributed by atoms with Gasteiger partial charge < -0.3 is 0 Å². The van der Waals surface area contributed by atoms with Crippen LogP contribution in [0.4, 0.5) is 8.78 Å². The number of para-hydroxylation sites is 1. The summed E-state index contributed by atoms with van der Waals surface area (Å²) < 4.78 is 27.6. The molecule has 2 nitrogen and oxygen atoms in total. The third-order valence-electron chi connectivity index (χ3n) is 3.41. The first kappa shape index (κ1) is 13.4. The lowest BCUT2D eigenvalue weighted by Gasteiger charge is -2.07. The molecule has 0 aliphatic rings. The summed E-state index contributed by atoms with van der Waals surface area (Å²) in [4.78, 5) is 16.7. The Morgan fingerprint density at radius 2 is 1.71 bits per heavy atom. The lowest BCUT2D eigenvalue weighted by molar-refractivity contribution is 0.103. The van der Waals surface area contributed by atoms with Gasteiger partial charge in [-0.3, -0.25) is 9.78 Å². The summed E-state index contributed by atoms with van der Waals surface area (Å²) in [6.45, 7) is 1.45. The van der Waals surface area contributed by atoms with Crippen molar-refractivity contribution < 1.29 is 13.6 Å². The van der Waals surface area contributed by atoms with Crippen LogP contribution in [0.2, 0.25) is 0 Å². The largest absolute Gasteiger partial charge is 0.288 e. The fourth-order valence-electron chi connectivity index (χ4n) is 2.26. The van der Waals surface area contributed by atoms with Gasteiger partial charge in [-0.05, 0) is 30.7 Å². The van der Waals surface area contributed by atoms with Crippen LogP contribution in [0.3, 0.4) is 0 Å². The molecule has 4 heteroatoms. The Kier molecular flexibility index (Phi) is 3.22. The van der Waals surface area contributed by atoms with Crippen molar-refractivity contribution in [1.82, 2.24) is 4.98 Å². The molecule has 0 aliphatic heterocycles. The summed E-state index contributed by atoms with van der Waals surface area (Å²) in [6.07, 6.45) is 1.48. The van der Waals surface area contributed by atoms with Crippen LogP contribution >= 0.6 is 0 Å². The van der Waals surface area contributed by atoms with Gasteiger partial charge in [0.2, 0.25) is 0 Å². The zero-order valence-electron chi connectivity index (χ0n) is 11.2. The summed E-state index contributed by atoms with van der Waals surface area (Å²) in [5.41, 5.74) is 0.845. The normalized spacial score (nSPS) is 10.8. The van der Waals surface area contributed by atoms with Gasteiger partial charge in [-0.1, -0.05) is 24.3 Å². The SMILES string of the molecule is Cc1ccc(C(=O)c2ccnc3ccccc23)c(F)c1F. The molecule has 0 N–H and O–H groups in total. The van der Waals surface area contributed by atoms with Crippen molar-refractivity contribution in [3.05, 3.63) is 77.0 Å². The second kappa shape index (κ2) is 5.05. The second-order valence-electron chi connectivity index (χ2n) is 4.76. The predicted octanol–water partition coefficient (Wildman–Crippen LogP) is 4.05. The first-order valence-corrected chi connectivity index (χ1v) is 6.42. The van der Waals surface area contributed by atoms with Crippen LogP contribution in [0.1, 0.15) is 21.5 Å². The molecule has 2 aromatic carbocycles. The molecule has 0 radical (unpaired) electrons. The maximum absolute atomic E-state index is 14.0. The van der Waals surface area contributed by atoms with E-state index in [0.29, 0.717) is 16.5 Å². The Morgan fingerprint density at radius 1 is 0.952 bits per heavy atom. The van der Waals surface area contributed by atoms with Crippen molar-refractivity contribution in [1.29, 1.82) is 0 Å². The maximum atomic E-state index is 14.0. The Hall–Kier alpha value is -2.62. The zero-order chi connectivity index (χ0) is 15.0. The van der Waals surface area contributed by atoms with Crippen LogP contribution in [0.25, 0.3) is 10.9 Å². The summed E-state index contributed by atoms with van der Waals surface area (Å²) in [5, 5.41) is 0.616. The van der Waals surface area contributed by atoms with E-state index in [0.717, 1.165) is 0 Å². The minimum Gasteiger partial charge on any atom is -0.288 e. The number of benzene rings is 2. The van der Waals surface area contributed by atoms with Crippen LogP contribution < -0.4 is 0 Å². The van der Waals surface area contributed by atoms with Crippen molar-refractivity contribution in [2.24, 2.45) is 0 Å². The first-order chi connectivity index (χ1) is 10.1. The number of ketones is 1. The first-order valence-electron chi connectivity index (χ1n) is 6.42. The van der Waals surface area contributed by atoms with E-state index in [2.05, 4.69) is 4.98 Å². The van der Waals surface area contributed by atoms with Crippen LogP contribution in [0, 0.1) is 18.6 Å². The molecule has 0 fully saturated rings. The van der Waals surface area contributed by atoms with Gasteiger partial charge in [-0.2, -0.15) is 0 Å². The highest BCUT2D eigenvalue weighted by Crippen LogP contribution is 2.23. The highest BCUT2D eigenvalue weighted by atomic mass is 19.2. The van der Waals surface area contributed by atoms with E-state index < -0.39 is 17.4 Å². The number of pyridine rings is 1. The van der Waals surface area contributed by atoms with Gasteiger partial charge in [0.25, 0.3) is 0 Å². The second-order valence-corrected chi connectivity index (χ2v) is 4.76. The number of fused-ring (bicyclic) bond motifs is 1. The highest BCUT2D eigenvalue weighted by molar-refractivity contribution is 6.16. The van der Waals surface area contributed by atoms with Crippen molar-refractivity contribution >= 4 is 16.7 Å². The van der Waals surface area contributed by atoms with E-state index in [1.807, 2.05) is 0 Å². The number of rotatable bonds is 2. The van der Waals surface area contributed by atoms with Gasteiger partial charge in [0.05, 0.1) is 11.1 Å². The smallest absolute Gasteiger partial charge is 0.196 e. The van der Waals surface area contributed by atoms with Gasteiger partial charge >= 0.3 is 0 Å². The molecule has 1 aromatic heterocycles.